The molecule has 1 aliphatic carbocycles. The maximum atomic E-state index is 12.5. The lowest BCUT2D eigenvalue weighted by Gasteiger charge is -2.16. The van der Waals surface area contributed by atoms with Crippen LogP contribution < -0.4 is 5.73 Å². The lowest BCUT2D eigenvalue weighted by Crippen LogP contribution is -2.13. The van der Waals surface area contributed by atoms with Crippen molar-refractivity contribution in [3.05, 3.63) is 28.0 Å². The third-order valence-electron chi connectivity index (χ3n) is 2.36. The van der Waals surface area contributed by atoms with Crippen LogP contribution in [0.2, 0.25) is 0 Å². The summed E-state index contributed by atoms with van der Waals surface area (Å²) >= 11 is 5.80. The number of pyridine rings is 1. The molecule has 0 spiro atoms. The number of nitrogens with zero attached hydrogens (tertiary/aromatic N) is 1. The molecule has 6 heteroatoms. The summed E-state index contributed by atoms with van der Waals surface area (Å²) < 4.78 is 37.4. The fourth-order valence-electron chi connectivity index (χ4n) is 1.60. The van der Waals surface area contributed by atoms with E-state index in [1.54, 1.807) is 6.08 Å². The molecular weight excluding hydrogens is 241 g/mol. The highest BCUT2D eigenvalue weighted by molar-refractivity contribution is 6.31. The zero-order chi connectivity index (χ0) is 11.9. The van der Waals surface area contributed by atoms with Crippen LogP contribution in [0, 0.1) is 0 Å². The van der Waals surface area contributed by atoms with Crippen molar-refractivity contribution in [2.24, 2.45) is 0 Å². The van der Waals surface area contributed by atoms with Crippen molar-refractivity contribution in [1.82, 2.24) is 4.98 Å². The van der Waals surface area contributed by atoms with E-state index in [0.717, 1.165) is 6.07 Å². The summed E-state index contributed by atoms with van der Waals surface area (Å²) in [6.07, 6.45) is -2.00. The van der Waals surface area contributed by atoms with Gasteiger partial charge in [-0.1, -0.05) is 11.6 Å². The molecule has 0 saturated heterocycles. The minimum absolute atomic E-state index is 0.0650. The van der Waals surface area contributed by atoms with Crippen molar-refractivity contribution in [2.75, 3.05) is 5.73 Å². The molecule has 2 rings (SSSR count). The molecule has 0 bridgehead atoms. The Morgan fingerprint density at radius 1 is 1.31 bits per heavy atom. The number of aromatic nitrogens is 1. The Labute approximate surface area is 94.9 Å². The molecule has 0 atom stereocenters. The van der Waals surface area contributed by atoms with Gasteiger partial charge in [-0.2, -0.15) is 13.2 Å². The Morgan fingerprint density at radius 3 is 2.62 bits per heavy atom. The van der Waals surface area contributed by atoms with Crippen LogP contribution >= 0.6 is 11.6 Å². The first-order chi connectivity index (χ1) is 7.38. The van der Waals surface area contributed by atoms with Gasteiger partial charge in [0.2, 0.25) is 0 Å². The van der Waals surface area contributed by atoms with Gasteiger partial charge in [0.1, 0.15) is 5.69 Å². The van der Waals surface area contributed by atoms with E-state index in [1.807, 2.05) is 0 Å². The number of allylic oxidation sites excluding steroid dienone is 1. The number of fused-ring (bicyclic) bond motifs is 1. The molecule has 0 aromatic carbocycles. The number of nitrogens with two attached hydrogens (primary N) is 1. The molecule has 0 fully saturated rings. The van der Waals surface area contributed by atoms with E-state index in [2.05, 4.69) is 4.98 Å². The Bertz CT molecular complexity index is 466. The highest BCUT2D eigenvalue weighted by Crippen LogP contribution is 2.34. The fourth-order valence-corrected chi connectivity index (χ4v) is 1.80. The first-order valence-corrected chi connectivity index (χ1v) is 4.98. The first kappa shape index (κ1) is 11.3. The second-order valence-electron chi connectivity index (χ2n) is 3.55. The van der Waals surface area contributed by atoms with Crippen LogP contribution in [0.5, 0.6) is 0 Å². The molecule has 1 heterocycles. The van der Waals surface area contributed by atoms with E-state index < -0.39 is 11.9 Å². The molecule has 86 valence electrons. The van der Waals surface area contributed by atoms with E-state index >= 15 is 0 Å². The molecule has 1 aliphatic rings. The van der Waals surface area contributed by atoms with Gasteiger partial charge in [-0.25, -0.2) is 4.98 Å². The van der Waals surface area contributed by atoms with E-state index in [4.69, 9.17) is 17.3 Å². The van der Waals surface area contributed by atoms with Crippen molar-refractivity contribution in [2.45, 2.75) is 19.0 Å². The normalized spacial score (nSPS) is 15.6. The number of aryl methyl sites for hydroxylation is 1. The second kappa shape index (κ2) is 3.66. The van der Waals surface area contributed by atoms with Crippen LogP contribution in [0.4, 0.5) is 18.9 Å². The molecule has 16 heavy (non-hydrogen) atoms. The molecular formula is C10H8ClF3N2. The summed E-state index contributed by atoms with van der Waals surface area (Å²) in [5.74, 6) is 0. The van der Waals surface area contributed by atoms with Gasteiger partial charge in [-0.15, -0.1) is 0 Å². The zero-order valence-corrected chi connectivity index (χ0v) is 8.86. The summed E-state index contributed by atoms with van der Waals surface area (Å²) in [6.45, 7) is 0. The van der Waals surface area contributed by atoms with Crippen LogP contribution in [-0.2, 0) is 12.6 Å². The predicted octanol–water partition coefficient (Wildman–Crippen LogP) is 3.21. The smallest absolute Gasteiger partial charge is 0.398 e. The van der Waals surface area contributed by atoms with Gasteiger partial charge in [-0.3, -0.25) is 0 Å². The van der Waals surface area contributed by atoms with E-state index in [9.17, 15) is 13.2 Å². The van der Waals surface area contributed by atoms with Gasteiger partial charge in [0.15, 0.2) is 0 Å². The highest BCUT2D eigenvalue weighted by atomic mass is 35.5. The molecule has 2 N–H and O–H groups in total. The van der Waals surface area contributed by atoms with Gasteiger partial charge < -0.3 is 5.73 Å². The zero-order valence-electron chi connectivity index (χ0n) is 8.11. The van der Waals surface area contributed by atoms with Crippen LogP contribution in [-0.4, -0.2) is 4.98 Å². The molecule has 0 amide bonds. The number of hydrogen-bond acceptors (Lipinski definition) is 2. The molecule has 2 nitrogen and oxygen atoms in total. The number of rotatable bonds is 0. The number of hydrogen-bond donors (Lipinski definition) is 1. The van der Waals surface area contributed by atoms with Gasteiger partial charge >= 0.3 is 6.18 Å². The summed E-state index contributed by atoms with van der Waals surface area (Å²) in [5.41, 5.74) is 5.54. The standard InChI is InChI=1S/C10H8ClF3N2/c11-5-1-2-8-6(3-5)7(15)4-9(16-8)10(12,13)14/h3-4H,1-2H2,(H2,15,16). The molecule has 0 aliphatic heterocycles. The first-order valence-electron chi connectivity index (χ1n) is 4.60. The molecule has 1 aromatic heterocycles. The molecule has 0 radical (unpaired) electrons. The minimum atomic E-state index is -4.46. The maximum Gasteiger partial charge on any atom is 0.433 e. The van der Waals surface area contributed by atoms with Crippen molar-refractivity contribution >= 4 is 23.4 Å². The SMILES string of the molecule is Nc1cc(C(F)(F)F)nc2c1C=C(Cl)CC2. The monoisotopic (exact) mass is 248 g/mol. The predicted molar refractivity (Wildman–Crippen MR) is 55.8 cm³/mol. The van der Waals surface area contributed by atoms with Crippen molar-refractivity contribution in [3.63, 3.8) is 0 Å². The Balaban J connectivity index is 2.56. The van der Waals surface area contributed by atoms with Gasteiger partial charge in [0, 0.05) is 16.3 Å². The molecule has 0 unspecified atom stereocenters. The summed E-state index contributed by atoms with van der Waals surface area (Å²) in [6, 6.07) is 0.838. The van der Waals surface area contributed by atoms with Crippen LogP contribution in [0.1, 0.15) is 23.4 Å². The van der Waals surface area contributed by atoms with Gasteiger partial charge in [0.25, 0.3) is 0 Å². The number of nitrogen functional groups attached to an aromatic ring is 1. The topological polar surface area (TPSA) is 38.9 Å². The third-order valence-corrected chi connectivity index (χ3v) is 2.66. The minimum Gasteiger partial charge on any atom is -0.398 e. The van der Waals surface area contributed by atoms with Crippen LogP contribution in [0.15, 0.2) is 11.1 Å². The van der Waals surface area contributed by atoms with Gasteiger partial charge in [-0.05, 0) is 25.0 Å². The Morgan fingerprint density at radius 2 is 2.00 bits per heavy atom. The Kier molecular flexibility index (Phi) is 2.58. The van der Waals surface area contributed by atoms with E-state index in [1.165, 1.54) is 0 Å². The average Bonchev–Trinajstić information content (AvgIpc) is 2.17. The summed E-state index contributed by atoms with van der Waals surface area (Å²) in [4.78, 5) is 3.57. The Hall–Kier alpha value is -1.23. The largest absolute Gasteiger partial charge is 0.433 e. The number of alkyl halides is 3. The quantitative estimate of drug-likeness (QED) is 0.766. The fraction of sp³-hybridized carbons (Fsp3) is 0.300. The highest BCUT2D eigenvalue weighted by Gasteiger charge is 2.34. The van der Waals surface area contributed by atoms with Crippen molar-refractivity contribution in [1.29, 1.82) is 0 Å². The number of halogens is 4. The third kappa shape index (κ3) is 2.00. The average molecular weight is 249 g/mol. The summed E-state index contributed by atoms with van der Waals surface area (Å²) in [5, 5.41) is 0.584. The lowest BCUT2D eigenvalue weighted by atomic mass is 10.0. The van der Waals surface area contributed by atoms with Crippen LogP contribution in [0.3, 0.4) is 0 Å². The van der Waals surface area contributed by atoms with Crippen LogP contribution in [0.25, 0.3) is 6.08 Å². The van der Waals surface area contributed by atoms with Crippen molar-refractivity contribution in [3.8, 4) is 0 Å². The number of anilines is 1. The maximum absolute atomic E-state index is 12.5. The van der Waals surface area contributed by atoms with E-state index in [-0.39, 0.29) is 5.69 Å². The van der Waals surface area contributed by atoms with Gasteiger partial charge in [0.05, 0.1) is 5.69 Å². The lowest BCUT2D eigenvalue weighted by molar-refractivity contribution is -0.141. The summed E-state index contributed by atoms with van der Waals surface area (Å²) in [7, 11) is 0. The molecule has 1 aromatic rings. The molecule has 0 saturated carbocycles. The second-order valence-corrected chi connectivity index (χ2v) is 4.03. The van der Waals surface area contributed by atoms with Crippen molar-refractivity contribution < 1.29 is 13.2 Å². The van der Waals surface area contributed by atoms with E-state index in [0.29, 0.717) is 29.1 Å².